The molecule has 0 unspecified atom stereocenters. The Morgan fingerprint density at radius 3 is 2.85 bits per heavy atom. The maximum Gasteiger partial charge on any atom is 0.456 e. The summed E-state index contributed by atoms with van der Waals surface area (Å²) in [6.07, 6.45) is 5.05. The predicted octanol–water partition coefficient (Wildman–Crippen LogP) is 4.10. The van der Waals surface area contributed by atoms with Crippen LogP contribution in [0.15, 0.2) is 47.7 Å². The molecule has 1 fully saturated rings. The summed E-state index contributed by atoms with van der Waals surface area (Å²) in [6, 6.07) is 9.30. The number of hydrogen-bond acceptors (Lipinski definition) is 7. The third-order valence-corrected chi connectivity index (χ3v) is 9.24. The van der Waals surface area contributed by atoms with Crippen molar-refractivity contribution in [3.8, 4) is 11.5 Å². The van der Waals surface area contributed by atoms with Gasteiger partial charge in [-0.05, 0) is 88.9 Å². The largest absolute Gasteiger partial charge is 0.504 e. The molecule has 180 valence electrons. The van der Waals surface area contributed by atoms with Crippen molar-refractivity contribution in [2.24, 2.45) is 0 Å². The normalized spacial score (nSPS) is 22.1. The van der Waals surface area contributed by atoms with Crippen LogP contribution in [0, 0.1) is 3.57 Å². The van der Waals surface area contributed by atoms with Gasteiger partial charge in [-0.3, -0.25) is 4.98 Å². The van der Waals surface area contributed by atoms with Gasteiger partial charge in [-0.2, -0.15) is 0 Å². The summed E-state index contributed by atoms with van der Waals surface area (Å²) in [7, 11) is -2.90. The first kappa shape index (κ1) is 25.2. The quantitative estimate of drug-likeness (QED) is 0.282. The summed E-state index contributed by atoms with van der Waals surface area (Å²) in [5.74, 6) is 0.524. The lowest BCUT2D eigenvalue weighted by molar-refractivity contribution is 0.171. The molecule has 0 radical (unpaired) electrons. The van der Waals surface area contributed by atoms with Gasteiger partial charge in [0, 0.05) is 12.5 Å². The minimum atomic E-state index is -3.31. The summed E-state index contributed by atoms with van der Waals surface area (Å²) in [4.78, 5) is 4.51. The number of fused-ring (bicyclic) bond motifs is 1. The molecule has 1 saturated heterocycles. The van der Waals surface area contributed by atoms with Gasteiger partial charge in [-0.25, -0.2) is 8.42 Å². The fraction of sp³-hybridized carbons (Fsp3) is 0.375. The van der Waals surface area contributed by atoms with E-state index < -0.39 is 28.3 Å². The van der Waals surface area contributed by atoms with Crippen LogP contribution in [0.2, 0.25) is 6.32 Å². The standard InChI is InChI=1S/C24H27BINO6S/c1-3-16-14-34(30,31)22-13-25(29)33-20(23(16)22)8-7-17(19-6-4-5-9-27-19)10-15-11-18(26)24(28)21(12-15)32-2/h4-6,9-12,20,22,28-29H,3,7-8,13-14H2,1-2H3/b17-10-/t20-,22+/m1/s1. The summed E-state index contributed by atoms with van der Waals surface area (Å²) in [5.41, 5.74) is 4.31. The van der Waals surface area contributed by atoms with Crippen molar-refractivity contribution in [2.75, 3.05) is 12.9 Å². The molecule has 2 aromatic rings. The molecule has 10 heteroatoms. The molecule has 0 saturated carbocycles. The molecule has 2 aliphatic heterocycles. The van der Waals surface area contributed by atoms with Crippen molar-refractivity contribution < 1.29 is 27.9 Å². The van der Waals surface area contributed by atoms with Crippen LogP contribution in [0.4, 0.5) is 0 Å². The zero-order chi connectivity index (χ0) is 24.5. The number of aromatic nitrogens is 1. The molecule has 0 bridgehead atoms. The second-order valence-corrected chi connectivity index (χ2v) is 11.8. The van der Waals surface area contributed by atoms with Gasteiger partial charge in [0.05, 0.1) is 33.5 Å². The summed E-state index contributed by atoms with van der Waals surface area (Å²) in [5, 5.41) is 19.8. The summed E-state index contributed by atoms with van der Waals surface area (Å²) >= 11 is 2.06. The highest BCUT2D eigenvalue weighted by Gasteiger charge is 2.47. The lowest BCUT2D eigenvalue weighted by atomic mass is 9.74. The minimum Gasteiger partial charge on any atom is -0.504 e. The minimum absolute atomic E-state index is 0.0464. The van der Waals surface area contributed by atoms with Gasteiger partial charge in [0.1, 0.15) is 0 Å². The van der Waals surface area contributed by atoms with Gasteiger partial charge in [-0.15, -0.1) is 0 Å². The van der Waals surface area contributed by atoms with Crippen LogP contribution < -0.4 is 4.74 Å². The Kier molecular flexibility index (Phi) is 7.71. The first-order chi connectivity index (χ1) is 16.2. The molecule has 1 aromatic heterocycles. The van der Waals surface area contributed by atoms with Gasteiger partial charge < -0.3 is 19.5 Å². The molecular formula is C24H27BINO6S. The van der Waals surface area contributed by atoms with E-state index in [1.54, 1.807) is 12.3 Å². The molecule has 0 amide bonds. The van der Waals surface area contributed by atoms with Gasteiger partial charge in [-0.1, -0.05) is 18.6 Å². The van der Waals surface area contributed by atoms with Gasteiger partial charge >= 0.3 is 7.12 Å². The van der Waals surface area contributed by atoms with Crippen molar-refractivity contribution in [1.82, 2.24) is 4.98 Å². The SMILES string of the molecule is CCC1=C2[C@@H](CC/C(=C/c3cc(I)c(O)c(OC)c3)c3ccccn3)OB(O)C[C@@H]2S(=O)(=O)C1. The Bertz CT molecular complexity index is 1230. The number of halogens is 1. The number of methoxy groups -OCH3 is 1. The highest BCUT2D eigenvalue weighted by Crippen LogP contribution is 2.41. The lowest BCUT2D eigenvalue weighted by Crippen LogP contribution is -2.41. The average Bonchev–Trinajstić information content (AvgIpc) is 3.09. The maximum atomic E-state index is 12.7. The number of ether oxygens (including phenoxy) is 1. The second kappa shape index (κ2) is 10.4. The smallest absolute Gasteiger partial charge is 0.456 e. The zero-order valence-corrected chi connectivity index (χ0v) is 22.0. The van der Waals surface area contributed by atoms with Gasteiger partial charge in [0.15, 0.2) is 21.3 Å². The molecule has 0 spiro atoms. The number of allylic oxidation sites excluding steroid dienone is 1. The second-order valence-electron chi connectivity index (χ2n) is 8.50. The van der Waals surface area contributed by atoms with E-state index in [0.717, 1.165) is 28.0 Å². The topological polar surface area (TPSA) is 106 Å². The lowest BCUT2D eigenvalue weighted by Gasteiger charge is -2.32. The molecule has 2 N–H and O–H groups in total. The number of aromatic hydroxyl groups is 1. The highest BCUT2D eigenvalue weighted by atomic mass is 127. The van der Waals surface area contributed by atoms with Crippen LogP contribution in [-0.4, -0.2) is 54.9 Å². The van der Waals surface area contributed by atoms with E-state index in [2.05, 4.69) is 27.6 Å². The molecule has 3 heterocycles. The molecular weight excluding hydrogens is 568 g/mol. The van der Waals surface area contributed by atoms with Crippen LogP contribution in [0.5, 0.6) is 11.5 Å². The summed E-state index contributed by atoms with van der Waals surface area (Å²) in [6.45, 7) is 1.96. The summed E-state index contributed by atoms with van der Waals surface area (Å²) < 4.78 is 37.3. The van der Waals surface area contributed by atoms with Crippen LogP contribution in [-0.2, 0) is 14.5 Å². The Hall–Kier alpha value is -1.89. The number of hydrogen-bond donors (Lipinski definition) is 2. The first-order valence-corrected chi connectivity index (χ1v) is 14.0. The van der Waals surface area contributed by atoms with Crippen molar-refractivity contribution in [3.05, 3.63) is 62.5 Å². The fourth-order valence-electron chi connectivity index (χ4n) is 4.74. The Labute approximate surface area is 214 Å². The van der Waals surface area contributed by atoms with E-state index >= 15 is 0 Å². The zero-order valence-electron chi connectivity index (χ0n) is 19.1. The number of rotatable bonds is 7. The molecule has 1 aromatic carbocycles. The number of phenolic OH excluding ortho intramolecular Hbond substituents is 1. The molecule has 4 rings (SSSR count). The van der Waals surface area contributed by atoms with Crippen LogP contribution >= 0.6 is 22.6 Å². The monoisotopic (exact) mass is 595 g/mol. The van der Waals surface area contributed by atoms with E-state index in [-0.39, 0.29) is 17.8 Å². The molecule has 7 nitrogen and oxygen atoms in total. The molecule has 34 heavy (non-hydrogen) atoms. The fourth-order valence-corrected chi connectivity index (χ4v) is 7.58. The van der Waals surface area contributed by atoms with Crippen molar-refractivity contribution in [3.63, 3.8) is 0 Å². The molecule has 0 aliphatic carbocycles. The number of pyridine rings is 1. The predicted molar refractivity (Wildman–Crippen MR) is 141 cm³/mol. The Balaban J connectivity index is 1.67. The Morgan fingerprint density at radius 1 is 1.38 bits per heavy atom. The molecule has 2 atom stereocenters. The van der Waals surface area contributed by atoms with E-state index in [1.165, 1.54) is 7.11 Å². The number of phenols is 1. The number of nitrogens with zero attached hydrogens (tertiary/aromatic N) is 1. The highest BCUT2D eigenvalue weighted by molar-refractivity contribution is 14.1. The third kappa shape index (κ3) is 5.19. The van der Waals surface area contributed by atoms with E-state index in [1.807, 2.05) is 37.3 Å². The van der Waals surface area contributed by atoms with E-state index in [9.17, 15) is 18.5 Å². The van der Waals surface area contributed by atoms with Crippen molar-refractivity contribution in [1.29, 1.82) is 0 Å². The van der Waals surface area contributed by atoms with Gasteiger partial charge in [0.25, 0.3) is 0 Å². The van der Waals surface area contributed by atoms with Crippen LogP contribution in [0.25, 0.3) is 11.6 Å². The van der Waals surface area contributed by atoms with E-state index in [0.29, 0.717) is 28.6 Å². The first-order valence-electron chi connectivity index (χ1n) is 11.2. The third-order valence-electron chi connectivity index (χ3n) is 6.36. The maximum absolute atomic E-state index is 12.7. The number of benzene rings is 1. The van der Waals surface area contributed by atoms with Crippen molar-refractivity contribution in [2.45, 2.75) is 43.9 Å². The van der Waals surface area contributed by atoms with Crippen molar-refractivity contribution >= 4 is 51.2 Å². The van der Waals surface area contributed by atoms with Crippen LogP contribution in [0.1, 0.15) is 37.4 Å². The Morgan fingerprint density at radius 2 is 2.18 bits per heavy atom. The van der Waals surface area contributed by atoms with Crippen LogP contribution in [0.3, 0.4) is 0 Å². The number of sulfone groups is 1. The van der Waals surface area contributed by atoms with E-state index in [4.69, 9.17) is 9.39 Å². The average molecular weight is 595 g/mol. The molecule has 2 aliphatic rings. The van der Waals surface area contributed by atoms with Gasteiger partial charge in [0.2, 0.25) is 0 Å².